The molecular weight excluding hydrogens is 419 g/mol. The molecule has 2 aromatic rings. The number of rotatable bonds is 4. The number of aromatic nitrogens is 1. The second-order valence-corrected chi connectivity index (χ2v) is 7.26. The molecule has 0 aliphatic rings. The van der Waals surface area contributed by atoms with Gasteiger partial charge in [0.2, 0.25) is 0 Å². The molecule has 0 unspecified atom stereocenters. The van der Waals surface area contributed by atoms with Gasteiger partial charge in [0.1, 0.15) is 0 Å². The molecule has 23 heavy (non-hydrogen) atoms. The van der Waals surface area contributed by atoms with Crippen molar-refractivity contribution < 1.29 is 0 Å². The normalized spacial score (nSPS) is 11.9. The summed E-state index contributed by atoms with van der Waals surface area (Å²) in [5.74, 6) is 0.440. The van der Waals surface area contributed by atoms with Crippen LogP contribution in [0, 0.1) is 6.92 Å². The average molecular weight is 444 g/mol. The minimum atomic E-state index is 0. The van der Waals surface area contributed by atoms with E-state index in [9.17, 15) is 0 Å². The van der Waals surface area contributed by atoms with Crippen molar-refractivity contribution in [2.45, 2.75) is 39.5 Å². The van der Waals surface area contributed by atoms with E-state index in [4.69, 9.17) is 5.73 Å². The number of anilines is 1. The van der Waals surface area contributed by atoms with Crippen LogP contribution in [0.4, 0.5) is 5.69 Å². The van der Waals surface area contributed by atoms with Crippen LogP contribution in [-0.2, 0) is 11.8 Å². The van der Waals surface area contributed by atoms with Crippen LogP contribution >= 0.6 is 35.3 Å². The van der Waals surface area contributed by atoms with Crippen molar-refractivity contribution in [2.75, 3.05) is 11.9 Å². The second kappa shape index (κ2) is 8.63. The van der Waals surface area contributed by atoms with E-state index in [-0.39, 0.29) is 29.4 Å². The zero-order chi connectivity index (χ0) is 16.2. The molecule has 2 rings (SSSR count). The summed E-state index contributed by atoms with van der Waals surface area (Å²) in [6, 6.07) is 8.07. The number of halogens is 1. The Morgan fingerprint density at radius 2 is 1.91 bits per heavy atom. The van der Waals surface area contributed by atoms with Gasteiger partial charge in [-0.05, 0) is 19.1 Å². The lowest BCUT2D eigenvalue weighted by molar-refractivity contribution is 0.583. The number of nitrogens with two attached hydrogens (primary N) is 1. The summed E-state index contributed by atoms with van der Waals surface area (Å²) in [5.41, 5.74) is 9.27. The van der Waals surface area contributed by atoms with E-state index in [1.807, 2.05) is 24.3 Å². The summed E-state index contributed by atoms with van der Waals surface area (Å²) in [6.45, 7) is 9.23. The third-order valence-corrected chi connectivity index (χ3v) is 4.48. The van der Waals surface area contributed by atoms with Gasteiger partial charge in [0.25, 0.3) is 0 Å². The van der Waals surface area contributed by atoms with Gasteiger partial charge in [-0.3, -0.25) is 4.99 Å². The maximum atomic E-state index is 5.90. The first-order chi connectivity index (χ1) is 10.3. The van der Waals surface area contributed by atoms with Crippen molar-refractivity contribution in [3.05, 3.63) is 45.9 Å². The zero-order valence-electron chi connectivity index (χ0n) is 14.1. The number of hydrogen-bond donors (Lipinski definition) is 2. The van der Waals surface area contributed by atoms with Crippen molar-refractivity contribution in [2.24, 2.45) is 10.7 Å². The molecule has 0 aliphatic heterocycles. The average Bonchev–Trinajstić information content (AvgIpc) is 2.90. The summed E-state index contributed by atoms with van der Waals surface area (Å²) in [5, 5.41) is 6.37. The van der Waals surface area contributed by atoms with Crippen LogP contribution < -0.4 is 11.1 Å². The molecule has 1 aromatic heterocycles. The van der Waals surface area contributed by atoms with E-state index >= 15 is 0 Å². The van der Waals surface area contributed by atoms with E-state index in [1.54, 1.807) is 11.3 Å². The van der Waals surface area contributed by atoms with Gasteiger partial charge in [0.15, 0.2) is 5.96 Å². The Morgan fingerprint density at radius 1 is 1.26 bits per heavy atom. The molecule has 6 heteroatoms. The van der Waals surface area contributed by atoms with Gasteiger partial charge in [-0.1, -0.05) is 38.5 Å². The highest BCUT2D eigenvalue weighted by molar-refractivity contribution is 14.0. The van der Waals surface area contributed by atoms with E-state index < -0.39 is 0 Å². The molecule has 0 fully saturated rings. The predicted molar refractivity (Wildman–Crippen MR) is 111 cm³/mol. The molecule has 0 atom stereocenters. The summed E-state index contributed by atoms with van der Waals surface area (Å²) in [7, 11) is 0. The molecule has 3 N–H and O–H groups in total. The number of benzene rings is 1. The first-order valence-corrected chi connectivity index (χ1v) is 8.31. The third-order valence-electron chi connectivity index (χ3n) is 3.17. The van der Waals surface area contributed by atoms with Gasteiger partial charge in [0.05, 0.1) is 10.7 Å². The highest BCUT2D eigenvalue weighted by Crippen LogP contribution is 2.25. The van der Waals surface area contributed by atoms with Crippen molar-refractivity contribution in [3.8, 4) is 0 Å². The molecule has 4 nitrogen and oxygen atoms in total. The fraction of sp³-hybridized carbons (Fsp3) is 0.412. The highest BCUT2D eigenvalue weighted by Gasteiger charge is 2.17. The lowest BCUT2D eigenvalue weighted by atomic mass is 9.98. The van der Waals surface area contributed by atoms with Gasteiger partial charge >= 0.3 is 0 Å². The maximum Gasteiger partial charge on any atom is 0.193 e. The van der Waals surface area contributed by atoms with Gasteiger partial charge < -0.3 is 11.1 Å². The van der Waals surface area contributed by atoms with Crippen LogP contribution in [0.15, 0.2) is 34.6 Å². The van der Waals surface area contributed by atoms with Crippen molar-refractivity contribution >= 4 is 47.0 Å². The smallest absolute Gasteiger partial charge is 0.193 e. The van der Waals surface area contributed by atoms with Crippen molar-refractivity contribution in [1.29, 1.82) is 0 Å². The topological polar surface area (TPSA) is 63.3 Å². The molecule has 0 aliphatic carbocycles. The van der Waals surface area contributed by atoms with Crippen LogP contribution in [0.5, 0.6) is 0 Å². The van der Waals surface area contributed by atoms with Gasteiger partial charge in [-0.15, -0.1) is 35.3 Å². The Hall–Kier alpha value is -1.15. The van der Waals surface area contributed by atoms with E-state index in [0.717, 1.165) is 22.8 Å². The van der Waals surface area contributed by atoms with Crippen molar-refractivity contribution in [1.82, 2.24) is 4.98 Å². The minimum absolute atomic E-state index is 0. The lowest BCUT2D eigenvalue weighted by Gasteiger charge is -2.13. The number of hydrogen-bond acceptors (Lipinski definition) is 3. The van der Waals surface area contributed by atoms with Crippen LogP contribution in [-0.4, -0.2) is 17.5 Å². The molecule has 1 heterocycles. The summed E-state index contributed by atoms with van der Waals surface area (Å²) < 4.78 is 0. The molecule has 0 amide bonds. The predicted octanol–water partition coefficient (Wildman–Crippen LogP) is 4.34. The largest absolute Gasteiger partial charge is 0.370 e. The Balaban J connectivity index is 0.00000264. The third kappa shape index (κ3) is 6.47. The van der Waals surface area contributed by atoms with Crippen LogP contribution in [0.2, 0.25) is 0 Å². The minimum Gasteiger partial charge on any atom is -0.370 e. The van der Waals surface area contributed by atoms with E-state index in [1.165, 1.54) is 5.56 Å². The summed E-state index contributed by atoms with van der Waals surface area (Å²) >= 11 is 1.71. The van der Waals surface area contributed by atoms with E-state index in [0.29, 0.717) is 12.5 Å². The maximum absolute atomic E-state index is 5.90. The number of guanidine groups is 1. The lowest BCUT2D eigenvalue weighted by Crippen LogP contribution is -2.23. The molecular formula is C17H25IN4S. The number of thiazole rings is 1. The number of aryl methyl sites for hydroxylation is 1. The Labute approximate surface area is 159 Å². The Bertz CT molecular complexity index is 641. The molecule has 0 saturated carbocycles. The van der Waals surface area contributed by atoms with Crippen LogP contribution in [0.25, 0.3) is 0 Å². The fourth-order valence-corrected chi connectivity index (χ4v) is 2.82. The Kier molecular flexibility index (Phi) is 7.47. The molecule has 0 radical (unpaired) electrons. The second-order valence-electron chi connectivity index (χ2n) is 6.40. The molecule has 126 valence electrons. The van der Waals surface area contributed by atoms with Crippen molar-refractivity contribution in [3.63, 3.8) is 0 Å². The number of nitrogens with zero attached hydrogens (tertiary/aromatic N) is 2. The fourth-order valence-electron chi connectivity index (χ4n) is 1.88. The SMILES string of the molecule is Cc1ccc(NC(N)=NCCc2csc(C(C)(C)C)n2)cc1.I. The molecule has 1 aromatic carbocycles. The van der Waals surface area contributed by atoms with Crippen LogP contribution in [0.3, 0.4) is 0 Å². The monoisotopic (exact) mass is 444 g/mol. The summed E-state index contributed by atoms with van der Waals surface area (Å²) in [6.07, 6.45) is 0.808. The van der Waals surface area contributed by atoms with Crippen LogP contribution in [0.1, 0.15) is 37.0 Å². The standard InChI is InChI=1S/C17H24N4S.HI/c1-12-5-7-13(8-6-12)21-16(18)19-10-9-14-11-22-15(20-14)17(2,3)4;/h5-8,11H,9-10H2,1-4H3,(H3,18,19,21);1H. The Morgan fingerprint density at radius 3 is 2.48 bits per heavy atom. The number of nitrogens with one attached hydrogen (secondary N) is 1. The van der Waals surface area contributed by atoms with Gasteiger partial charge in [0, 0.05) is 29.4 Å². The molecule has 0 spiro atoms. The first kappa shape index (κ1) is 19.9. The molecule has 0 saturated heterocycles. The zero-order valence-corrected chi connectivity index (χ0v) is 17.2. The number of aliphatic imine (C=N–C) groups is 1. The van der Waals surface area contributed by atoms with Gasteiger partial charge in [-0.2, -0.15) is 0 Å². The van der Waals surface area contributed by atoms with Gasteiger partial charge in [-0.25, -0.2) is 4.98 Å². The summed E-state index contributed by atoms with van der Waals surface area (Å²) in [4.78, 5) is 9.02. The quantitative estimate of drug-likeness (QED) is 0.419. The van der Waals surface area contributed by atoms with E-state index in [2.05, 4.69) is 48.4 Å². The molecule has 0 bridgehead atoms. The highest BCUT2D eigenvalue weighted by atomic mass is 127. The first-order valence-electron chi connectivity index (χ1n) is 7.43.